The second-order valence-corrected chi connectivity index (χ2v) is 6.86. The zero-order valence-electron chi connectivity index (χ0n) is 13.6. The van der Waals surface area contributed by atoms with Gasteiger partial charge in [-0.2, -0.15) is 0 Å². The van der Waals surface area contributed by atoms with Crippen molar-refractivity contribution in [1.29, 1.82) is 0 Å². The van der Waals surface area contributed by atoms with Gasteiger partial charge in [0.05, 0.1) is 17.7 Å². The highest BCUT2D eigenvalue weighted by Crippen LogP contribution is 2.26. The molecule has 4 nitrogen and oxygen atoms in total. The number of para-hydroxylation sites is 1. The van der Waals surface area contributed by atoms with E-state index in [2.05, 4.69) is 33.5 Å². The normalized spacial score (nSPS) is 14.4. The molecule has 0 saturated carbocycles. The maximum absolute atomic E-state index is 5.46. The molecule has 0 aliphatic carbocycles. The monoisotopic (exact) mass is 337 g/mol. The Labute approximate surface area is 145 Å². The highest BCUT2D eigenvalue weighted by atomic mass is 32.1. The molecule has 0 radical (unpaired) electrons. The van der Waals surface area contributed by atoms with Crippen molar-refractivity contribution in [3.05, 3.63) is 64.8 Å². The number of hydrogen-bond acceptors (Lipinski definition) is 5. The van der Waals surface area contributed by atoms with Crippen LogP contribution in [0.15, 0.2) is 48.0 Å². The molecular formula is C19H19N3OS. The topological polar surface area (TPSA) is 38.2 Å². The van der Waals surface area contributed by atoms with Gasteiger partial charge >= 0.3 is 0 Å². The molecule has 1 aliphatic heterocycles. The molecule has 1 aliphatic rings. The number of aromatic nitrogens is 2. The van der Waals surface area contributed by atoms with Crippen molar-refractivity contribution in [1.82, 2.24) is 14.9 Å². The zero-order chi connectivity index (χ0) is 16.4. The first-order valence-corrected chi connectivity index (χ1v) is 8.94. The molecule has 1 aromatic carbocycles. The Morgan fingerprint density at radius 2 is 2.12 bits per heavy atom. The summed E-state index contributed by atoms with van der Waals surface area (Å²) in [5.41, 5.74) is 3.64. The van der Waals surface area contributed by atoms with Gasteiger partial charge < -0.3 is 4.74 Å². The van der Waals surface area contributed by atoms with E-state index < -0.39 is 0 Å². The van der Waals surface area contributed by atoms with E-state index in [-0.39, 0.29) is 0 Å². The molecule has 3 heterocycles. The van der Waals surface area contributed by atoms with Crippen LogP contribution in [0.1, 0.15) is 16.8 Å². The third-order valence-electron chi connectivity index (χ3n) is 4.34. The van der Waals surface area contributed by atoms with E-state index in [1.807, 2.05) is 24.4 Å². The predicted molar refractivity (Wildman–Crippen MR) is 96.2 cm³/mol. The predicted octanol–water partition coefficient (Wildman–Crippen LogP) is 3.77. The van der Waals surface area contributed by atoms with Gasteiger partial charge in [-0.25, -0.2) is 9.97 Å². The summed E-state index contributed by atoms with van der Waals surface area (Å²) in [5.74, 6) is 1.80. The molecule has 4 rings (SSSR count). The maximum Gasteiger partial charge on any atom is 0.169 e. The number of thiophene rings is 1. The van der Waals surface area contributed by atoms with Crippen LogP contribution >= 0.6 is 11.3 Å². The molecule has 0 atom stereocenters. The van der Waals surface area contributed by atoms with Gasteiger partial charge in [-0.05, 0) is 17.5 Å². The fourth-order valence-corrected chi connectivity index (χ4v) is 3.77. The van der Waals surface area contributed by atoms with Crippen molar-refractivity contribution < 1.29 is 4.74 Å². The summed E-state index contributed by atoms with van der Waals surface area (Å²) in [7, 11) is 1.73. The lowest BCUT2D eigenvalue weighted by molar-refractivity contribution is 0.239. The lowest BCUT2D eigenvalue weighted by atomic mass is 10.1. The summed E-state index contributed by atoms with van der Waals surface area (Å²) in [6, 6.07) is 12.3. The van der Waals surface area contributed by atoms with Crippen LogP contribution in [-0.2, 0) is 19.5 Å². The maximum atomic E-state index is 5.46. The third-order valence-corrected chi connectivity index (χ3v) is 5.21. The number of ether oxygens (including phenoxy) is 1. The number of methoxy groups -OCH3 is 1. The summed E-state index contributed by atoms with van der Waals surface area (Å²) in [6.45, 7) is 2.78. The first-order valence-electron chi connectivity index (χ1n) is 8.06. The van der Waals surface area contributed by atoms with Crippen LogP contribution in [0.3, 0.4) is 0 Å². The molecule has 3 aromatic rings. The number of hydrogen-bond donors (Lipinski definition) is 0. The van der Waals surface area contributed by atoms with Crippen molar-refractivity contribution in [3.8, 4) is 16.5 Å². The van der Waals surface area contributed by atoms with E-state index in [1.165, 1.54) is 16.8 Å². The van der Waals surface area contributed by atoms with Crippen molar-refractivity contribution in [2.75, 3.05) is 13.7 Å². The van der Waals surface area contributed by atoms with Gasteiger partial charge in [0.1, 0.15) is 5.75 Å². The minimum atomic E-state index is 0.849. The Morgan fingerprint density at radius 1 is 1.21 bits per heavy atom. The van der Waals surface area contributed by atoms with Gasteiger partial charge in [0.2, 0.25) is 0 Å². The van der Waals surface area contributed by atoms with Crippen LogP contribution in [0.25, 0.3) is 10.7 Å². The summed E-state index contributed by atoms with van der Waals surface area (Å²) < 4.78 is 5.46. The summed E-state index contributed by atoms with van der Waals surface area (Å²) in [5, 5.41) is 2.06. The standard InChI is InChI=1S/C19H19N3OS/c1-23-17-6-3-2-5-14(17)12-22-9-8-16-15(13-22)11-20-19(21-16)18-7-4-10-24-18/h2-7,10-11H,8-9,12-13H2,1H3. The number of benzene rings is 1. The number of fused-ring (bicyclic) bond motifs is 1. The molecule has 0 fully saturated rings. The van der Waals surface area contributed by atoms with E-state index in [1.54, 1.807) is 18.4 Å². The molecule has 24 heavy (non-hydrogen) atoms. The average molecular weight is 337 g/mol. The lowest BCUT2D eigenvalue weighted by Crippen LogP contribution is -2.31. The molecule has 0 amide bonds. The first-order chi connectivity index (χ1) is 11.8. The Kier molecular flexibility index (Phi) is 4.28. The van der Waals surface area contributed by atoms with Gasteiger partial charge in [-0.15, -0.1) is 11.3 Å². The Balaban J connectivity index is 1.52. The van der Waals surface area contributed by atoms with Crippen molar-refractivity contribution in [2.45, 2.75) is 19.5 Å². The highest BCUT2D eigenvalue weighted by molar-refractivity contribution is 7.13. The molecule has 5 heteroatoms. The van der Waals surface area contributed by atoms with Crippen LogP contribution in [-0.4, -0.2) is 28.5 Å². The Bertz CT molecular complexity index is 832. The van der Waals surface area contributed by atoms with Crippen LogP contribution in [0.5, 0.6) is 5.75 Å². The van der Waals surface area contributed by atoms with E-state index >= 15 is 0 Å². The Hall–Kier alpha value is -2.24. The molecule has 0 unspecified atom stereocenters. The molecule has 0 saturated heterocycles. The number of rotatable bonds is 4. The highest BCUT2D eigenvalue weighted by Gasteiger charge is 2.20. The van der Waals surface area contributed by atoms with Gasteiger partial charge in [0.25, 0.3) is 0 Å². The molecule has 0 N–H and O–H groups in total. The molecule has 0 bridgehead atoms. The van der Waals surface area contributed by atoms with E-state index in [9.17, 15) is 0 Å². The molecular weight excluding hydrogens is 318 g/mol. The summed E-state index contributed by atoms with van der Waals surface area (Å²) >= 11 is 1.68. The van der Waals surface area contributed by atoms with E-state index in [0.29, 0.717) is 0 Å². The molecule has 2 aromatic heterocycles. The SMILES string of the molecule is COc1ccccc1CN1CCc2nc(-c3cccs3)ncc2C1. The van der Waals surface area contributed by atoms with Crippen LogP contribution in [0, 0.1) is 0 Å². The van der Waals surface area contributed by atoms with E-state index in [4.69, 9.17) is 9.72 Å². The molecule has 122 valence electrons. The fourth-order valence-electron chi connectivity index (χ4n) is 3.11. The largest absolute Gasteiger partial charge is 0.496 e. The molecule has 0 spiro atoms. The lowest BCUT2D eigenvalue weighted by Gasteiger charge is -2.28. The van der Waals surface area contributed by atoms with Crippen molar-refractivity contribution in [2.24, 2.45) is 0 Å². The van der Waals surface area contributed by atoms with Crippen molar-refractivity contribution >= 4 is 11.3 Å². The van der Waals surface area contributed by atoms with Crippen LogP contribution < -0.4 is 4.74 Å². The van der Waals surface area contributed by atoms with Gasteiger partial charge in [0.15, 0.2) is 5.82 Å². The minimum Gasteiger partial charge on any atom is -0.496 e. The van der Waals surface area contributed by atoms with Crippen LogP contribution in [0.2, 0.25) is 0 Å². The third kappa shape index (κ3) is 3.05. The summed E-state index contributed by atoms with van der Waals surface area (Å²) in [4.78, 5) is 12.9. The van der Waals surface area contributed by atoms with E-state index in [0.717, 1.165) is 42.5 Å². The van der Waals surface area contributed by atoms with Gasteiger partial charge in [0, 0.05) is 43.4 Å². The first kappa shape index (κ1) is 15.3. The average Bonchev–Trinajstić information content (AvgIpc) is 3.16. The number of nitrogens with zero attached hydrogens (tertiary/aromatic N) is 3. The smallest absolute Gasteiger partial charge is 0.169 e. The van der Waals surface area contributed by atoms with Gasteiger partial charge in [-0.1, -0.05) is 24.3 Å². The quantitative estimate of drug-likeness (QED) is 0.726. The van der Waals surface area contributed by atoms with Crippen molar-refractivity contribution in [3.63, 3.8) is 0 Å². The second-order valence-electron chi connectivity index (χ2n) is 5.92. The van der Waals surface area contributed by atoms with Crippen LogP contribution in [0.4, 0.5) is 0 Å². The second kappa shape index (κ2) is 6.71. The fraction of sp³-hybridized carbons (Fsp3) is 0.263. The van der Waals surface area contributed by atoms with Gasteiger partial charge in [-0.3, -0.25) is 4.90 Å². The zero-order valence-corrected chi connectivity index (χ0v) is 14.4. The Morgan fingerprint density at radius 3 is 2.96 bits per heavy atom. The minimum absolute atomic E-state index is 0.849. The summed E-state index contributed by atoms with van der Waals surface area (Å²) in [6.07, 6.45) is 2.96.